The second-order valence-electron chi connectivity index (χ2n) is 4.98. The molecule has 2 heterocycles. The summed E-state index contributed by atoms with van der Waals surface area (Å²) >= 11 is 0. The van der Waals surface area contributed by atoms with Gasteiger partial charge in [0, 0.05) is 6.08 Å². The zero-order valence-corrected chi connectivity index (χ0v) is 11.8. The van der Waals surface area contributed by atoms with E-state index in [4.69, 9.17) is 14.6 Å². The number of nitrogens with one attached hydrogen (secondary N) is 2. The molecule has 0 atom stereocenters. The van der Waals surface area contributed by atoms with Crippen LogP contribution in [0.5, 0.6) is 11.6 Å². The van der Waals surface area contributed by atoms with E-state index in [1.54, 1.807) is 12.1 Å². The molecule has 1 aliphatic heterocycles. The molecule has 0 amide bonds. The molecule has 1 aromatic carbocycles. The number of aryl methyl sites for hydroxylation is 2. The van der Waals surface area contributed by atoms with Crippen LogP contribution in [0.4, 0.5) is 0 Å². The summed E-state index contributed by atoms with van der Waals surface area (Å²) in [5.41, 5.74) is 2.08. The fraction of sp³-hybridized carbons (Fsp3) is 0.133. The van der Waals surface area contributed by atoms with Gasteiger partial charge in [0.2, 0.25) is 17.6 Å². The van der Waals surface area contributed by atoms with Gasteiger partial charge in [0.15, 0.2) is 5.76 Å². The second kappa shape index (κ2) is 4.73. The summed E-state index contributed by atoms with van der Waals surface area (Å²) in [6.45, 7) is 3.74. The van der Waals surface area contributed by atoms with Gasteiger partial charge in [0.1, 0.15) is 5.75 Å². The molecule has 22 heavy (non-hydrogen) atoms. The first-order valence-electron chi connectivity index (χ1n) is 6.43. The van der Waals surface area contributed by atoms with E-state index in [2.05, 4.69) is 0 Å². The van der Waals surface area contributed by atoms with Gasteiger partial charge in [-0.25, -0.2) is 4.79 Å². The maximum Gasteiger partial charge on any atom is 0.419 e. The van der Waals surface area contributed by atoms with E-state index in [1.165, 1.54) is 0 Å². The smallest absolute Gasteiger partial charge is 0.419 e. The Morgan fingerprint density at radius 2 is 1.91 bits per heavy atom. The average molecular weight is 300 g/mol. The van der Waals surface area contributed by atoms with Gasteiger partial charge in [0.05, 0.1) is 11.1 Å². The molecule has 1 aromatic heterocycles. The van der Waals surface area contributed by atoms with Crippen molar-refractivity contribution in [1.29, 1.82) is 5.41 Å². The summed E-state index contributed by atoms with van der Waals surface area (Å²) in [7, 11) is 0. The molecule has 3 N–H and O–H groups in total. The number of carbonyl (C=O) groups is 1. The SMILES string of the molecule is Cc1cc2c(cc1C)C(=O)C(=Cc1oc(=O)[nH]c1O)C(=N)O2. The molecule has 112 valence electrons. The van der Waals surface area contributed by atoms with E-state index in [9.17, 15) is 14.7 Å². The molecule has 0 saturated heterocycles. The number of ketones is 1. The summed E-state index contributed by atoms with van der Waals surface area (Å²) in [5.74, 6) is -2.08. The van der Waals surface area contributed by atoms with Gasteiger partial charge in [-0.3, -0.25) is 15.2 Å². The van der Waals surface area contributed by atoms with Crippen LogP contribution < -0.4 is 10.5 Å². The van der Waals surface area contributed by atoms with Gasteiger partial charge < -0.3 is 14.3 Å². The molecule has 0 fully saturated rings. The molecule has 0 radical (unpaired) electrons. The first-order valence-corrected chi connectivity index (χ1v) is 6.43. The molecule has 2 aromatic rings. The highest BCUT2D eigenvalue weighted by Gasteiger charge is 2.29. The minimum absolute atomic E-state index is 0.103. The van der Waals surface area contributed by atoms with Gasteiger partial charge in [-0.1, -0.05) is 0 Å². The summed E-state index contributed by atoms with van der Waals surface area (Å²) in [6, 6.07) is 3.38. The van der Waals surface area contributed by atoms with Crippen molar-refractivity contribution in [2.75, 3.05) is 0 Å². The Labute approximate surface area is 124 Å². The lowest BCUT2D eigenvalue weighted by molar-refractivity contribution is 0.103. The van der Waals surface area contributed by atoms with Gasteiger partial charge in [-0.05, 0) is 37.1 Å². The minimum Gasteiger partial charge on any atom is -0.492 e. The lowest BCUT2D eigenvalue weighted by Gasteiger charge is -2.20. The van der Waals surface area contributed by atoms with Crippen molar-refractivity contribution in [3.8, 4) is 11.6 Å². The third-order valence-corrected chi connectivity index (χ3v) is 3.47. The number of H-pyrrole nitrogens is 1. The van der Waals surface area contributed by atoms with E-state index in [1.807, 2.05) is 18.8 Å². The van der Waals surface area contributed by atoms with Crippen LogP contribution in [0.1, 0.15) is 27.2 Å². The molecule has 0 spiro atoms. The van der Waals surface area contributed by atoms with E-state index in [-0.39, 0.29) is 17.2 Å². The van der Waals surface area contributed by atoms with Crippen molar-refractivity contribution in [3.05, 3.63) is 50.7 Å². The molecular weight excluding hydrogens is 288 g/mol. The van der Waals surface area contributed by atoms with Crippen molar-refractivity contribution in [2.24, 2.45) is 0 Å². The normalized spacial score (nSPS) is 15.8. The number of aromatic hydroxyl groups is 1. The number of aromatic nitrogens is 1. The molecule has 1 aliphatic rings. The Morgan fingerprint density at radius 3 is 2.55 bits per heavy atom. The molecule has 0 unspecified atom stereocenters. The topological polar surface area (TPSA) is 116 Å². The van der Waals surface area contributed by atoms with Crippen molar-refractivity contribution in [1.82, 2.24) is 4.98 Å². The number of fused-ring (bicyclic) bond motifs is 1. The van der Waals surface area contributed by atoms with E-state index >= 15 is 0 Å². The zero-order chi connectivity index (χ0) is 16.0. The standard InChI is InChI=1S/C15H12N2O5/c1-6-3-8-10(4-7(6)2)21-13(16)9(12(8)18)5-11-14(19)17-15(20)22-11/h3-5,16,19H,1-2H3,(H,17,20). The number of Topliss-reactive ketones (excluding diaryl/α,β-unsaturated/α-hetero) is 1. The molecule has 7 nitrogen and oxygen atoms in total. The largest absolute Gasteiger partial charge is 0.492 e. The zero-order valence-electron chi connectivity index (χ0n) is 11.8. The lowest BCUT2D eigenvalue weighted by atomic mass is 9.95. The highest BCUT2D eigenvalue weighted by atomic mass is 16.5. The molecule has 7 heteroatoms. The first-order chi connectivity index (χ1) is 10.4. The third-order valence-electron chi connectivity index (χ3n) is 3.47. The van der Waals surface area contributed by atoms with Gasteiger partial charge in [0.25, 0.3) is 0 Å². The summed E-state index contributed by atoms with van der Waals surface area (Å²) < 4.78 is 10.1. The van der Waals surface area contributed by atoms with Crippen molar-refractivity contribution in [2.45, 2.75) is 13.8 Å². The van der Waals surface area contributed by atoms with Crippen molar-refractivity contribution < 1.29 is 19.1 Å². The summed E-state index contributed by atoms with van der Waals surface area (Å²) in [6.07, 6.45) is 1.11. The number of ether oxygens (including phenoxy) is 1. The van der Waals surface area contributed by atoms with Crippen molar-refractivity contribution >= 4 is 17.8 Å². The maximum absolute atomic E-state index is 12.5. The number of hydrogen-bond donors (Lipinski definition) is 3. The van der Waals surface area contributed by atoms with Crippen LogP contribution in [0.2, 0.25) is 0 Å². The Balaban J connectivity index is 2.13. The molecule has 0 saturated carbocycles. The van der Waals surface area contributed by atoms with E-state index in [0.717, 1.165) is 17.2 Å². The number of rotatable bonds is 1. The van der Waals surface area contributed by atoms with Gasteiger partial charge in [-0.15, -0.1) is 0 Å². The average Bonchev–Trinajstić information content (AvgIpc) is 2.75. The Morgan fingerprint density at radius 1 is 1.23 bits per heavy atom. The van der Waals surface area contributed by atoms with E-state index < -0.39 is 17.4 Å². The van der Waals surface area contributed by atoms with Crippen LogP contribution in [0.25, 0.3) is 6.08 Å². The highest BCUT2D eigenvalue weighted by molar-refractivity contribution is 6.30. The van der Waals surface area contributed by atoms with Gasteiger partial charge in [-0.2, -0.15) is 0 Å². The predicted molar refractivity (Wildman–Crippen MR) is 77.6 cm³/mol. The fourth-order valence-electron chi connectivity index (χ4n) is 2.16. The van der Waals surface area contributed by atoms with E-state index in [0.29, 0.717) is 11.3 Å². The van der Waals surface area contributed by atoms with Crippen molar-refractivity contribution in [3.63, 3.8) is 0 Å². The van der Waals surface area contributed by atoms with Crippen LogP contribution >= 0.6 is 0 Å². The Kier molecular flexibility index (Phi) is 2.98. The van der Waals surface area contributed by atoms with Crippen LogP contribution in [0.3, 0.4) is 0 Å². The number of oxazole rings is 1. The van der Waals surface area contributed by atoms with Crippen LogP contribution in [0.15, 0.2) is 26.9 Å². The number of benzene rings is 1. The molecule has 0 bridgehead atoms. The Bertz CT molecular complexity index is 901. The highest BCUT2D eigenvalue weighted by Crippen LogP contribution is 2.32. The number of aromatic amines is 1. The summed E-state index contributed by atoms with van der Waals surface area (Å²) in [5, 5.41) is 17.3. The van der Waals surface area contributed by atoms with Gasteiger partial charge >= 0.3 is 5.76 Å². The monoisotopic (exact) mass is 300 g/mol. The summed E-state index contributed by atoms with van der Waals surface area (Å²) in [4.78, 5) is 25.6. The number of hydrogen-bond acceptors (Lipinski definition) is 6. The Hall–Kier alpha value is -3.09. The maximum atomic E-state index is 12.5. The molecule has 3 rings (SSSR count). The minimum atomic E-state index is -0.855. The number of carbonyl (C=O) groups excluding carboxylic acids is 1. The van der Waals surface area contributed by atoms with Crippen LogP contribution in [-0.2, 0) is 0 Å². The third kappa shape index (κ3) is 2.12. The molecular formula is C15H12N2O5. The molecule has 0 aliphatic carbocycles. The fourth-order valence-corrected chi connectivity index (χ4v) is 2.16. The quantitative estimate of drug-likeness (QED) is 0.696. The lowest BCUT2D eigenvalue weighted by Crippen LogP contribution is -2.24. The van der Waals surface area contributed by atoms with Crippen LogP contribution in [0, 0.1) is 19.3 Å². The second-order valence-corrected chi connectivity index (χ2v) is 4.98. The predicted octanol–water partition coefficient (Wildman–Crippen LogP) is 1.93. The van der Waals surface area contributed by atoms with Crippen LogP contribution in [-0.4, -0.2) is 21.8 Å². The first kappa shape index (κ1) is 13.9.